The molecule has 1 aromatic rings. The number of imide groups is 1. The van der Waals surface area contributed by atoms with E-state index in [0.29, 0.717) is 11.8 Å². The van der Waals surface area contributed by atoms with E-state index in [4.69, 9.17) is 0 Å². The largest absolute Gasteiger partial charge is 0.467 e. The highest BCUT2D eigenvalue weighted by atomic mass is 16.5. The topological polar surface area (TPSA) is 96.0 Å². The monoisotopic (exact) mass is 319 g/mol. The summed E-state index contributed by atoms with van der Waals surface area (Å²) in [5.74, 6) is -0.694. The number of likely N-dealkylation sites (N-methyl/N-ethyl adjacent to an activating group) is 1. The maximum absolute atomic E-state index is 12.4. The number of carbonyl (C=O) groups excluding carboxylic acids is 4. The van der Waals surface area contributed by atoms with Crippen LogP contribution < -0.4 is 5.32 Å². The highest BCUT2D eigenvalue weighted by molar-refractivity contribution is 6.01. The van der Waals surface area contributed by atoms with E-state index >= 15 is 0 Å². The van der Waals surface area contributed by atoms with Crippen LogP contribution >= 0.6 is 0 Å². The number of rotatable bonds is 4. The summed E-state index contributed by atoms with van der Waals surface area (Å²) in [4.78, 5) is 49.5. The Bertz CT molecular complexity index is 619. The van der Waals surface area contributed by atoms with Gasteiger partial charge in [0.2, 0.25) is 0 Å². The van der Waals surface area contributed by atoms with Gasteiger partial charge in [0.1, 0.15) is 12.3 Å². The number of ether oxygens (including phenoxy) is 1. The molecular formula is C15H17N3O5. The highest BCUT2D eigenvalue weighted by Gasteiger charge is 2.44. The van der Waals surface area contributed by atoms with Crippen LogP contribution in [0.15, 0.2) is 30.3 Å². The average molecular weight is 319 g/mol. The number of hydrogen-bond donors (Lipinski definition) is 1. The molecule has 1 aliphatic heterocycles. The Morgan fingerprint density at radius 2 is 2.00 bits per heavy atom. The number of hydrogen-bond acceptors (Lipinski definition) is 5. The van der Waals surface area contributed by atoms with Crippen molar-refractivity contribution >= 4 is 24.3 Å². The van der Waals surface area contributed by atoms with E-state index in [9.17, 15) is 19.2 Å². The zero-order chi connectivity index (χ0) is 17.0. The first-order chi connectivity index (χ1) is 11.0. The SMILES string of the molecule is COC(=O)C1CN(C)C(=O)N1C(=O)NC(C=O)c1ccccc1. The van der Waals surface area contributed by atoms with Crippen LogP contribution in [-0.2, 0) is 14.3 Å². The van der Waals surface area contributed by atoms with Gasteiger partial charge < -0.3 is 19.7 Å². The van der Waals surface area contributed by atoms with Gasteiger partial charge in [0.25, 0.3) is 0 Å². The minimum absolute atomic E-state index is 0.0377. The Morgan fingerprint density at radius 1 is 1.35 bits per heavy atom. The lowest BCUT2D eigenvalue weighted by atomic mass is 10.1. The number of carbonyl (C=O) groups is 4. The predicted molar refractivity (Wildman–Crippen MR) is 79.4 cm³/mol. The molecule has 1 saturated heterocycles. The lowest BCUT2D eigenvalue weighted by molar-refractivity contribution is -0.144. The molecule has 0 bridgehead atoms. The van der Waals surface area contributed by atoms with E-state index < -0.39 is 30.1 Å². The molecule has 1 aliphatic rings. The molecule has 8 nitrogen and oxygen atoms in total. The van der Waals surface area contributed by atoms with Crippen molar-refractivity contribution in [3.63, 3.8) is 0 Å². The van der Waals surface area contributed by atoms with Gasteiger partial charge in [0, 0.05) is 7.05 Å². The van der Waals surface area contributed by atoms with Crippen LogP contribution in [0, 0.1) is 0 Å². The van der Waals surface area contributed by atoms with Gasteiger partial charge in [-0.05, 0) is 5.56 Å². The zero-order valence-corrected chi connectivity index (χ0v) is 12.8. The summed E-state index contributed by atoms with van der Waals surface area (Å²) in [5, 5.41) is 2.45. The van der Waals surface area contributed by atoms with E-state index in [0.717, 1.165) is 4.90 Å². The summed E-state index contributed by atoms with van der Waals surface area (Å²) < 4.78 is 4.62. The molecular weight excluding hydrogens is 302 g/mol. The van der Waals surface area contributed by atoms with Gasteiger partial charge in [0.15, 0.2) is 6.04 Å². The van der Waals surface area contributed by atoms with Gasteiger partial charge >= 0.3 is 18.0 Å². The summed E-state index contributed by atoms with van der Waals surface area (Å²) in [6.45, 7) is 0.0377. The lowest BCUT2D eigenvalue weighted by Gasteiger charge is -2.22. The standard InChI is InChI=1S/C15H17N3O5/c1-17-8-12(13(20)23-2)18(15(17)22)14(21)16-11(9-19)10-6-4-3-5-7-10/h3-7,9,11-12H,8H2,1-2H3,(H,16,21). The Kier molecular flexibility index (Phi) is 4.95. The molecule has 0 spiro atoms. The average Bonchev–Trinajstić information content (AvgIpc) is 2.88. The number of urea groups is 2. The van der Waals surface area contributed by atoms with E-state index in [2.05, 4.69) is 10.1 Å². The van der Waals surface area contributed by atoms with Gasteiger partial charge in [-0.25, -0.2) is 19.3 Å². The van der Waals surface area contributed by atoms with Crippen molar-refractivity contribution in [3.8, 4) is 0 Å². The number of aldehydes is 1. The fraction of sp³-hybridized carbons (Fsp3) is 0.333. The fourth-order valence-electron chi connectivity index (χ4n) is 2.34. The van der Waals surface area contributed by atoms with Crippen LogP contribution in [0.1, 0.15) is 11.6 Å². The van der Waals surface area contributed by atoms with Crippen molar-refractivity contribution in [2.75, 3.05) is 20.7 Å². The Morgan fingerprint density at radius 3 is 2.57 bits per heavy atom. The number of amides is 4. The second-order valence-electron chi connectivity index (χ2n) is 5.05. The maximum Gasteiger partial charge on any atom is 0.331 e. The normalized spacial score (nSPS) is 18.5. The fourth-order valence-corrected chi connectivity index (χ4v) is 2.34. The zero-order valence-electron chi connectivity index (χ0n) is 12.8. The van der Waals surface area contributed by atoms with Crippen LogP contribution in [0.3, 0.4) is 0 Å². The Hall–Kier alpha value is -2.90. The van der Waals surface area contributed by atoms with Gasteiger partial charge in [-0.15, -0.1) is 0 Å². The van der Waals surface area contributed by atoms with Crippen LogP contribution in [0.5, 0.6) is 0 Å². The molecule has 2 atom stereocenters. The molecule has 1 N–H and O–H groups in total. The summed E-state index contributed by atoms with van der Waals surface area (Å²) >= 11 is 0. The minimum atomic E-state index is -1.04. The first-order valence-electron chi connectivity index (χ1n) is 6.92. The van der Waals surface area contributed by atoms with Crippen molar-refractivity contribution in [1.82, 2.24) is 15.1 Å². The molecule has 0 radical (unpaired) electrons. The Labute approximate surface area is 133 Å². The third-order valence-electron chi connectivity index (χ3n) is 3.56. The van der Waals surface area contributed by atoms with Crippen LogP contribution in [0.4, 0.5) is 9.59 Å². The molecule has 1 aromatic carbocycles. The number of benzene rings is 1. The van der Waals surface area contributed by atoms with Gasteiger partial charge in [-0.2, -0.15) is 0 Å². The Balaban J connectivity index is 2.18. The molecule has 23 heavy (non-hydrogen) atoms. The first kappa shape index (κ1) is 16.5. The summed E-state index contributed by atoms with van der Waals surface area (Å²) in [5.41, 5.74) is 0.575. The number of methoxy groups -OCH3 is 1. The quantitative estimate of drug-likeness (QED) is 0.645. The number of esters is 1. The molecule has 0 aliphatic carbocycles. The van der Waals surface area contributed by atoms with Gasteiger partial charge in [0.05, 0.1) is 13.7 Å². The van der Waals surface area contributed by atoms with E-state index in [1.54, 1.807) is 30.3 Å². The van der Waals surface area contributed by atoms with E-state index in [1.807, 2.05) is 0 Å². The molecule has 0 saturated carbocycles. The smallest absolute Gasteiger partial charge is 0.331 e. The van der Waals surface area contributed by atoms with Gasteiger partial charge in [-0.1, -0.05) is 30.3 Å². The molecule has 2 unspecified atom stereocenters. The molecule has 2 rings (SSSR count). The third-order valence-corrected chi connectivity index (χ3v) is 3.56. The second kappa shape index (κ2) is 6.91. The van der Waals surface area contributed by atoms with Crippen molar-refractivity contribution in [2.45, 2.75) is 12.1 Å². The van der Waals surface area contributed by atoms with Gasteiger partial charge in [-0.3, -0.25) is 0 Å². The molecule has 8 heteroatoms. The van der Waals surface area contributed by atoms with Crippen LogP contribution in [0.2, 0.25) is 0 Å². The van der Waals surface area contributed by atoms with Crippen LogP contribution in [0.25, 0.3) is 0 Å². The molecule has 122 valence electrons. The second-order valence-corrected chi connectivity index (χ2v) is 5.05. The van der Waals surface area contributed by atoms with Crippen LogP contribution in [-0.4, -0.2) is 60.9 Å². The predicted octanol–water partition coefficient (Wildman–Crippen LogP) is 0.545. The summed E-state index contributed by atoms with van der Waals surface area (Å²) in [6, 6.07) is 5.17. The molecule has 1 heterocycles. The molecule has 0 aromatic heterocycles. The molecule has 1 fully saturated rings. The first-order valence-corrected chi connectivity index (χ1v) is 6.92. The number of nitrogens with zero attached hydrogens (tertiary/aromatic N) is 2. The van der Waals surface area contributed by atoms with Crippen molar-refractivity contribution < 1.29 is 23.9 Å². The van der Waals surface area contributed by atoms with Crippen molar-refractivity contribution in [1.29, 1.82) is 0 Å². The van der Waals surface area contributed by atoms with Crippen molar-refractivity contribution in [2.24, 2.45) is 0 Å². The third kappa shape index (κ3) is 3.31. The number of nitrogens with one attached hydrogen (secondary N) is 1. The van der Waals surface area contributed by atoms with E-state index in [-0.39, 0.29) is 6.54 Å². The maximum atomic E-state index is 12.4. The lowest BCUT2D eigenvalue weighted by Crippen LogP contribution is -2.50. The summed E-state index contributed by atoms with van der Waals surface area (Å²) in [7, 11) is 2.65. The minimum Gasteiger partial charge on any atom is -0.467 e. The molecule has 4 amide bonds. The highest BCUT2D eigenvalue weighted by Crippen LogP contribution is 2.18. The summed E-state index contributed by atoms with van der Waals surface area (Å²) in [6.07, 6.45) is 0.560. The van der Waals surface area contributed by atoms with Crippen molar-refractivity contribution in [3.05, 3.63) is 35.9 Å². The van der Waals surface area contributed by atoms with E-state index in [1.165, 1.54) is 19.1 Å².